The van der Waals surface area contributed by atoms with Crippen LogP contribution in [-0.2, 0) is 14.6 Å². The van der Waals surface area contributed by atoms with E-state index in [2.05, 4.69) is 15.6 Å². The normalized spacial score (nSPS) is 14.8. The summed E-state index contributed by atoms with van der Waals surface area (Å²) in [6.07, 6.45) is 4.56. The van der Waals surface area contributed by atoms with Gasteiger partial charge in [-0.3, -0.25) is 9.36 Å². The molecule has 1 aromatic heterocycles. The Balaban J connectivity index is 1.62. The largest absolute Gasteiger partial charge is 0.444 e. The molecule has 3 aromatic rings. The van der Waals surface area contributed by atoms with E-state index in [4.69, 9.17) is 10.5 Å². The molecule has 1 aliphatic carbocycles. The number of alkyl carbamates (subject to hydrolysis) is 1. The van der Waals surface area contributed by atoms with Crippen LogP contribution < -0.4 is 16.4 Å². The van der Waals surface area contributed by atoms with Crippen molar-refractivity contribution in [2.75, 3.05) is 12.3 Å². The average molecular weight is 580 g/mol. The Morgan fingerprint density at radius 2 is 1.76 bits per heavy atom. The number of hydrogen-bond donors (Lipinski definition) is 3. The molecule has 1 saturated carbocycles. The highest BCUT2D eigenvalue weighted by molar-refractivity contribution is 7.91. The van der Waals surface area contributed by atoms with E-state index in [9.17, 15) is 18.0 Å². The molecule has 10 nitrogen and oxygen atoms in total. The lowest BCUT2D eigenvalue weighted by molar-refractivity contribution is 0.0531. The molecule has 2 amide bonds. The average Bonchev–Trinajstić information content (AvgIpc) is 3.64. The van der Waals surface area contributed by atoms with E-state index in [1.54, 1.807) is 68.9 Å². The van der Waals surface area contributed by atoms with Crippen LogP contribution in [0.4, 0.5) is 4.79 Å². The van der Waals surface area contributed by atoms with E-state index in [0.29, 0.717) is 17.0 Å². The summed E-state index contributed by atoms with van der Waals surface area (Å²) in [6, 6.07) is 16.6. The first-order chi connectivity index (χ1) is 19.3. The molecule has 0 radical (unpaired) electrons. The summed E-state index contributed by atoms with van der Waals surface area (Å²) in [5, 5.41) is 4.46. The van der Waals surface area contributed by atoms with Gasteiger partial charge >= 0.3 is 6.09 Å². The second kappa shape index (κ2) is 12.2. The Morgan fingerprint density at radius 1 is 1.10 bits per heavy atom. The molecule has 1 heterocycles. The van der Waals surface area contributed by atoms with Crippen molar-refractivity contribution >= 4 is 33.7 Å². The number of imidazole rings is 1. The lowest BCUT2D eigenvalue weighted by atomic mass is 10.1. The Hall–Kier alpha value is -4.12. The minimum atomic E-state index is -3.74. The topological polar surface area (TPSA) is 145 Å². The number of nitrogens with zero attached hydrogens (tertiary/aromatic N) is 2. The number of sulfone groups is 1. The summed E-state index contributed by atoms with van der Waals surface area (Å²) in [7, 11) is -3.74. The molecule has 0 saturated heterocycles. The van der Waals surface area contributed by atoms with Gasteiger partial charge in [0, 0.05) is 29.9 Å². The third-order valence-electron chi connectivity index (χ3n) is 6.51. The van der Waals surface area contributed by atoms with Crippen LogP contribution in [0.3, 0.4) is 0 Å². The molecule has 0 aliphatic heterocycles. The molecule has 0 spiro atoms. The first-order valence-corrected chi connectivity index (χ1v) is 15.2. The van der Waals surface area contributed by atoms with Crippen molar-refractivity contribution in [3.05, 3.63) is 77.7 Å². The van der Waals surface area contributed by atoms with Crippen LogP contribution in [0.15, 0.2) is 60.8 Å². The highest BCUT2D eigenvalue weighted by Gasteiger charge is 2.29. The van der Waals surface area contributed by atoms with Gasteiger partial charge in [-0.2, -0.15) is 0 Å². The molecule has 41 heavy (non-hydrogen) atoms. The molecule has 1 atom stereocenters. The van der Waals surface area contributed by atoms with Gasteiger partial charge in [-0.05, 0) is 58.2 Å². The third kappa shape index (κ3) is 7.97. The maximum atomic E-state index is 13.3. The summed E-state index contributed by atoms with van der Waals surface area (Å²) in [5.74, 6) is -0.161. The number of nitrogens with two attached hydrogens (primary N) is 1. The first kappa shape index (κ1) is 29.9. The van der Waals surface area contributed by atoms with Crippen molar-refractivity contribution in [1.29, 1.82) is 0 Å². The zero-order valence-corrected chi connectivity index (χ0v) is 24.6. The van der Waals surface area contributed by atoms with Gasteiger partial charge in [0.05, 0.1) is 23.3 Å². The minimum Gasteiger partial charge on any atom is -0.444 e. The van der Waals surface area contributed by atoms with Gasteiger partial charge < -0.3 is 21.1 Å². The van der Waals surface area contributed by atoms with Crippen LogP contribution in [0.25, 0.3) is 23.2 Å². The number of benzene rings is 2. The van der Waals surface area contributed by atoms with Gasteiger partial charge in [0.25, 0.3) is 5.91 Å². The summed E-state index contributed by atoms with van der Waals surface area (Å²) in [4.78, 5) is 28.9. The molecule has 1 unspecified atom stereocenters. The van der Waals surface area contributed by atoms with Crippen LogP contribution in [0.1, 0.15) is 67.5 Å². The van der Waals surface area contributed by atoms with Gasteiger partial charge in [0.1, 0.15) is 16.7 Å². The van der Waals surface area contributed by atoms with Crippen molar-refractivity contribution in [2.45, 2.75) is 57.4 Å². The predicted molar refractivity (Wildman–Crippen MR) is 159 cm³/mol. The van der Waals surface area contributed by atoms with E-state index in [0.717, 1.165) is 24.0 Å². The summed E-state index contributed by atoms with van der Waals surface area (Å²) in [6.45, 7) is 6.64. The first-order valence-electron chi connectivity index (χ1n) is 13.5. The smallest absolute Gasteiger partial charge is 0.407 e. The Kier molecular flexibility index (Phi) is 8.86. The number of carbonyl (C=O) groups excluding carboxylic acids is 2. The maximum Gasteiger partial charge on any atom is 0.407 e. The highest BCUT2D eigenvalue weighted by Crippen LogP contribution is 2.30. The van der Waals surface area contributed by atoms with Crippen LogP contribution >= 0.6 is 0 Å². The van der Waals surface area contributed by atoms with Crippen molar-refractivity contribution in [3.8, 4) is 11.3 Å². The number of amides is 2. The maximum absolute atomic E-state index is 13.3. The zero-order valence-electron chi connectivity index (χ0n) is 23.8. The molecule has 1 fully saturated rings. The number of rotatable bonds is 10. The van der Waals surface area contributed by atoms with Crippen molar-refractivity contribution in [2.24, 2.45) is 5.73 Å². The molecular formula is C30H37N5O5S. The SMILES string of the molecule is CC(c1ncc(-c2ccc(C(=O)NC3CC3)cc2)n1/C=C(\N)c1ccccc1)S(=O)(=O)CCNC(=O)OC(C)(C)C. The number of carbonyl (C=O) groups is 2. The predicted octanol–water partition coefficient (Wildman–Crippen LogP) is 4.36. The fourth-order valence-corrected chi connectivity index (χ4v) is 5.34. The van der Waals surface area contributed by atoms with Gasteiger partial charge in [-0.1, -0.05) is 42.5 Å². The van der Waals surface area contributed by atoms with E-state index in [1.165, 1.54) is 0 Å². The lowest BCUT2D eigenvalue weighted by Crippen LogP contribution is -2.35. The molecule has 4 N–H and O–H groups in total. The van der Waals surface area contributed by atoms with Gasteiger partial charge in [-0.15, -0.1) is 0 Å². The van der Waals surface area contributed by atoms with Crippen molar-refractivity contribution < 1.29 is 22.7 Å². The molecule has 4 rings (SSSR count). The fraction of sp³-hybridized carbons (Fsp3) is 0.367. The molecule has 0 bridgehead atoms. The Bertz CT molecular complexity index is 1520. The zero-order chi connectivity index (χ0) is 29.8. The summed E-state index contributed by atoms with van der Waals surface area (Å²) in [5.41, 5.74) is 8.82. The number of nitrogens with one attached hydrogen (secondary N) is 2. The quantitative estimate of drug-likeness (QED) is 0.324. The van der Waals surface area contributed by atoms with Gasteiger partial charge in [0.15, 0.2) is 9.84 Å². The van der Waals surface area contributed by atoms with Gasteiger partial charge in [0.2, 0.25) is 0 Å². The Labute approximate surface area is 240 Å². The molecule has 11 heteroatoms. The minimum absolute atomic E-state index is 0.110. The standard InChI is InChI=1S/C30H37N5O5S/c1-20(41(38,39)17-16-32-29(37)40-30(2,3)4)27-33-18-26(35(27)19-25(31)21-8-6-5-7-9-21)22-10-12-23(13-11-22)28(36)34-24-14-15-24/h5-13,18-20,24H,14-17,31H2,1-4H3,(H,32,37)(H,34,36)/b25-19-. The second-order valence-corrected chi connectivity index (χ2v) is 13.5. The third-order valence-corrected chi connectivity index (χ3v) is 8.57. The van der Waals surface area contributed by atoms with Crippen LogP contribution in [0.2, 0.25) is 0 Å². The van der Waals surface area contributed by atoms with Crippen LogP contribution in [-0.4, -0.2) is 53.9 Å². The van der Waals surface area contributed by atoms with Crippen molar-refractivity contribution in [1.82, 2.24) is 20.2 Å². The molecule has 218 valence electrons. The second-order valence-electron chi connectivity index (χ2n) is 11.1. The Morgan fingerprint density at radius 3 is 2.37 bits per heavy atom. The number of ether oxygens (including phenoxy) is 1. The summed E-state index contributed by atoms with van der Waals surface area (Å²) < 4.78 is 33.5. The summed E-state index contributed by atoms with van der Waals surface area (Å²) >= 11 is 0. The van der Waals surface area contributed by atoms with E-state index >= 15 is 0 Å². The monoisotopic (exact) mass is 579 g/mol. The number of hydrogen-bond acceptors (Lipinski definition) is 7. The lowest BCUT2D eigenvalue weighted by Gasteiger charge is -2.20. The molecular weight excluding hydrogens is 542 g/mol. The van der Waals surface area contributed by atoms with Crippen molar-refractivity contribution in [3.63, 3.8) is 0 Å². The molecule has 2 aromatic carbocycles. The highest BCUT2D eigenvalue weighted by atomic mass is 32.2. The fourth-order valence-electron chi connectivity index (χ4n) is 4.11. The van der Waals surface area contributed by atoms with E-state index < -0.39 is 26.8 Å². The number of aromatic nitrogens is 2. The molecule has 1 aliphatic rings. The van der Waals surface area contributed by atoms with E-state index in [-0.39, 0.29) is 30.1 Å². The van der Waals surface area contributed by atoms with Gasteiger partial charge in [-0.25, -0.2) is 18.2 Å². The van der Waals surface area contributed by atoms with Crippen LogP contribution in [0, 0.1) is 0 Å². The van der Waals surface area contributed by atoms with E-state index in [1.807, 2.05) is 30.3 Å². The van der Waals surface area contributed by atoms with Crippen LogP contribution in [0.5, 0.6) is 0 Å².